The van der Waals surface area contributed by atoms with Crippen LogP contribution in [0.2, 0.25) is 0 Å². The summed E-state index contributed by atoms with van der Waals surface area (Å²) in [4.78, 5) is 24.2. The van der Waals surface area contributed by atoms with E-state index >= 15 is 0 Å². The molecule has 27 heavy (non-hydrogen) atoms. The zero-order valence-corrected chi connectivity index (χ0v) is 15.0. The van der Waals surface area contributed by atoms with Crippen molar-refractivity contribution in [3.8, 4) is 17.6 Å². The molecule has 0 saturated carbocycles. The van der Waals surface area contributed by atoms with E-state index in [2.05, 4.69) is 10.6 Å². The number of amides is 1. The molecule has 0 heterocycles. The summed E-state index contributed by atoms with van der Waals surface area (Å²) in [5.41, 5.74) is 0.896. The lowest BCUT2D eigenvalue weighted by Crippen LogP contribution is -2.14. The van der Waals surface area contributed by atoms with Gasteiger partial charge in [0.1, 0.15) is 11.5 Å². The van der Waals surface area contributed by atoms with Crippen molar-refractivity contribution in [3.63, 3.8) is 0 Å². The van der Waals surface area contributed by atoms with Gasteiger partial charge in [-0.2, -0.15) is 5.26 Å². The quantitative estimate of drug-likeness (QED) is 0.441. The molecule has 0 spiro atoms. The maximum Gasteiger partial charge on any atom is 0.345 e. The number of hydrogen-bond acceptors (Lipinski definition) is 6. The minimum atomic E-state index is -0.622. The first-order chi connectivity index (χ1) is 13.0. The Morgan fingerprint density at radius 3 is 2.56 bits per heavy atom. The van der Waals surface area contributed by atoms with Gasteiger partial charge in [-0.3, -0.25) is 4.79 Å². The average molecular weight is 365 g/mol. The second-order valence-electron chi connectivity index (χ2n) is 5.32. The smallest absolute Gasteiger partial charge is 0.345 e. The number of carbonyl (C=O) groups is 2. The first kappa shape index (κ1) is 19.5. The largest absolute Gasteiger partial charge is 0.492 e. The van der Waals surface area contributed by atoms with Crippen molar-refractivity contribution in [3.05, 3.63) is 60.3 Å². The number of hydrogen-bond donors (Lipinski definition) is 2. The van der Waals surface area contributed by atoms with E-state index in [1.165, 1.54) is 25.3 Å². The molecule has 0 unspecified atom stereocenters. The number of esters is 1. The van der Waals surface area contributed by atoms with Crippen LogP contribution in [0.4, 0.5) is 11.4 Å². The Bertz CT molecular complexity index is 886. The first-order valence-corrected chi connectivity index (χ1v) is 8.22. The summed E-state index contributed by atoms with van der Waals surface area (Å²) in [6.45, 7) is 3.53. The lowest BCUT2D eigenvalue weighted by Gasteiger charge is -2.16. The van der Waals surface area contributed by atoms with Crippen LogP contribution in [-0.4, -0.2) is 18.5 Å². The van der Waals surface area contributed by atoms with E-state index in [1.54, 1.807) is 37.3 Å². The third-order valence-electron chi connectivity index (χ3n) is 3.30. The van der Waals surface area contributed by atoms with Gasteiger partial charge < -0.3 is 20.1 Å². The first-order valence-electron chi connectivity index (χ1n) is 8.22. The molecule has 1 amide bonds. The Labute approximate surface area is 157 Å². The van der Waals surface area contributed by atoms with Gasteiger partial charge in [-0.1, -0.05) is 18.2 Å². The molecule has 0 saturated heterocycles. The predicted molar refractivity (Wildman–Crippen MR) is 102 cm³/mol. The van der Waals surface area contributed by atoms with E-state index in [-0.39, 0.29) is 11.5 Å². The van der Waals surface area contributed by atoms with Gasteiger partial charge in [-0.15, -0.1) is 0 Å². The molecule has 0 fully saturated rings. The fourth-order valence-electron chi connectivity index (χ4n) is 2.25. The van der Waals surface area contributed by atoms with Crippen LogP contribution in [0, 0.1) is 11.3 Å². The highest BCUT2D eigenvalue weighted by atomic mass is 16.5. The molecule has 0 radical (unpaired) electrons. The number of carbonyl (C=O) groups excluding carboxylic acids is 2. The van der Waals surface area contributed by atoms with Crippen LogP contribution in [0.3, 0.4) is 0 Å². The molecule has 2 aromatic carbocycles. The Kier molecular flexibility index (Phi) is 6.97. The van der Waals surface area contributed by atoms with Crippen LogP contribution in [-0.2, 0) is 4.79 Å². The molecule has 0 aliphatic rings. The topological polar surface area (TPSA) is 100 Å². The number of nitriles is 1. The number of rotatable bonds is 7. The lowest BCUT2D eigenvalue weighted by atomic mass is 10.1. The van der Waals surface area contributed by atoms with Gasteiger partial charge in [0.15, 0.2) is 0 Å². The fourth-order valence-corrected chi connectivity index (χ4v) is 2.25. The molecule has 0 aromatic heterocycles. The summed E-state index contributed by atoms with van der Waals surface area (Å²) in [5, 5.41) is 14.2. The highest BCUT2D eigenvalue weighted by molar-refractivity contribution is 6.01. The van der Waals surface area contributed by atoms with Crippen molar-refractivity contribution in [2.24, 2.45) is 0 Å². The highest BCUT2D eigenvalue weighted by Gasteiger charge is 2.19. The van der Waals surface area contributed by atoms with Gasteiger partial charge in [0.25, 0.3) is 0 Å². The van der Waals surface area contributed by atoms with Crippen LogP contribution in [0.1, 0.15) is 24.2 Å². The molecule has 7 heteroatoms. The molecule has 2 rings (SSSR count). The normalized spacial score (nSPS) is 10.1. The summed E-state index contributed by atoms with van der Waals surface area (Å²) in [6, 6.07) is 13.5. The Morgan fingerprint density at radius 2 is 1.93 bits per heavy atom. The summed E-state index contributed by atoms with van der Waals surface area (Å²) in [7, 11) is 0. The Balaban J connectivity index is 2.46. The van der Waals surface area contributed by atoms with E-state index in [0.717, 1.165) is 0 Å². The van der Waals surface area contributed by atoms with Crippen LogP contribution in [0.25, 0.3) is 0 Å². The summed E-state index contributed by atoms with van der Waals surface area (Å²) < 4.78 is 10.9. The van der Waals surface area contributed by atoms with Crippen molar-refractivity contribution in [1.82, 2.24) is 0 Å². The van der Waals surface area contributed by atoms with Gasteiger partial charge >= 0.3 is 5.97 Å². The SMILES string of the molecule is CCOc1cc(NC=CC#N)c(C(=O)Oc2ccccc2)cc1NC(C)=O. The van der Waals surface area contributed by atoms with Crippen molar-refractivity contribution >= 4 is 23.3 Å². The van der Waals surface area contributed by atoms with E-state index in [0.29, 0.717) is 29.5 Å². The molecule has 2 aromatic rings. The third kappa shape index (κ3) is 5.61. The number of allylic oxidation sites excluding steroid dienone is 1. The number of nitrogens with one attached hydrogen (secondary N) is 2. The number of ether oxygens (including phenoxy) is 2. The Hall–Kier alpha value is -3.79. The van der Waals surface area contributed by atoms with Gasteiger partial charge in [0.2, 0.25) is 5.91 Å². The zero-order valence-electron chi connectivity index (χ0n) is 15.0. The average Bonchev–Trinajstić information content (AvgIpc) is 2.64. The van der Waals surface area contributed by atoms with Crippen LogP contribution < -0.4 is 20.1 Å². The van der Waals surface area contributed by atoms with E-state index in [1.807, 2.05) is 12.1 Å². The molecule has 0 aliphatic carbocycles. The molecule has 0 atom stereocenters. The number of nitrogens with zero attached hydrogens (tertiary/aromatic N) is 1. The molecule has 138 valence electrons. The number of anilines is 2. The summed E-state index contributed by atoms with van der Waals surface area (Å²) in [6.07, 6.45) is 2.62. The summed E-state index contributed by atoms with van der Waals surface area (Å²) in [5.74, 6) is -0.153. The van der Waals surface area contributed by atoms with Crippen LogP contribution in [0.5, 0.6) is 11.5 Å². The van der Waals surface area contributed by atoms with Crippen LogP contribution in [0.15, 0.2) is 54.7 Å². The van der Waals surface area contributed by atoms with E-state index in [9.17, 15) is 9.59 Å². The minimum absolute atomic E-state index is 0.175. The second kappa shape index (κ2) is 9.63. The fraction of sp³-hybridized carbons (Fsp3) is 0.150. The van der Waals surface area contributed by atoms with Crippen LogP contribution >= 0.6 is 0 Å². The van der Waals surface area contributed by atoms with E-state index < -0.39 is 5.97 Å². The molecule has 0 aliphatic heterocycles. The third-order valence-corrected chi connectivity index (χ3v) is 3.30. The second-order valence-corrected chi connectivity index (χ2v) is 5.32. The predicted octanol–water partition coefficient (Wildman–Crippen LogP) is 3.71. The minimum Gasteiger partial charge on any atom is -0.492 e. The maximum absolute atomic E-state index is 12.7. The zero-order chi connectivity index (χ0) is 19.6. The van der Waals surface area contributed by atoms with Gasteiger partial charge in [0, 0.05) is 25.3 Å². The maximum atomic E-state index is 12.7. The molecular formula is C20H19N3O4. The molecule has 0 bridgehead atoms. The van der Waals surface area contributed by atoms with Crippen molar-refractivity contribution < 1.29 is 19.1 Å². The highest BCUT2D eigenvalue weighted by Crippen LogP contribution is 2.33. The van der Waals surface area contributed by atoms with Gasteiger partial charge in [-0.25, -0.2) is 4.79 Å². The Morgan fingerprint density at radius 1 is 1.19 bits per heavy atom. The molecule has 2 N–H and O–H groups in total. The van der Waals surface area contributed by atoms with Crippen molar-refractivity contribution in [1.29, 1.82) is 5.26 Å². The lowest BCUT2D eigenvalue weighted by molar-refractivity contribution is -0.114. The van der Waals surface area contributed by atoms with E-state index in [4.69, 9.17) is 14.7 Å². The van der Waals surface area contributed by atoms with Gasteiger partial charge in [0.05, 0.1) is 29.6 Å². The van der Waals surface area contributed by atoms with Crippen molar-refractivity contribution in [2.75, 3.05) is 17.2 Å². The number of benzene rings is 2. The summed E-state index contributed by atoms with van der Waals surface area (Å²) >= 11 is 0. The monoisotopic (exact) mass is 365 g/mol. The van der Waals surface area contributed by atoms with Crippen molar-refractivity contribution in [2.45, 2.75) is 13.8 Å². The molecular weight excluding hydrogens is 346 g/mol. The van der Waals surface area contributed by atoms with Gasteiger partial charge in [-0.05, 0) is 25.1 Å². The standard InChI is InChI=1S/C20H19N3O4/c1-3-26-19-13-17(22-11-7-10-21)16(12-18(19)23-14(2)24)20(25)27-15-8-5-4-6-9-15/h4-9,11-13,22H,3H2,1-2H3,(H,23,24). The number of para-hydroxylation sites is 1. The molecule has 7 nitrogen and oxygen atoms in total.